The minimum absolute atomic E-state index is 0.0619. The van der Waals surface area contributed by atoms with Gasteiger partial charge >= 0.3 is 5.97 Å². The van der Waals surface area contributed by atoms with Gasteiger partial charge in [-0.1, -0.05) is 19.1 Å². The molecular formula is C19H20O4. The number of carbonyl (C=O) groups is 2. The molecule has 0 N–H and O–H groups in total. The van der Waals surface area contributed by atoms with Crippen LogP contribution in [0.2, 0.25) is 0 Å². The van der Waals surface area contributed by atoms with Gasteiger partial charge in [0.1, 0.15) is 12.4 Å². The van der Waals surface area contributed by atoms with Crippen molar-refractivity contribution >= 4 is 11.8 Å². The smallest absolute Gasteiger partial charge is 0.337 e. The van der Waals surface area contributed by atoms with E-state index in [2.05, 4.69) is 4.74 Å². The van der Waals surface area contributed by atoms with Gasteiger partial charge in [0.05, 0.1) is 12.7 Å². The number of hydrogen-bond donors (Lipinski definition) is 0. The van der Waals surface area contributed by atoms with Gasteiger partial charge in [-0.25, -0.2) is 4.79 Å². The Labute approximate surface area is 136 Å². The summed E-state index contributed by atoms with van der Waals surface area (Å²) in [6.07, 6.45) is 0.778. The molecule has 0 unspecified atom stereocenters. The number of carbonyl (C=O) groups excluding carboxylic acids is 2. The largest absolute Gasteiger partial charge is 0.489 e. The van der Waals surface area contributed by atoms with Gasteiger partial charge in [0, 0.05) is 5.56 Å². The molecule has 4 nitrogen and oxygen atoms in total. The molecule has 0 aromatic heterocycles. The fourth-order valence-corrected chi connectivity index (χ4v) is 2.32. The fraction of sp³-hybridized carbons (Fsp3) is 0.263. The summed E-state index contributed by atoms with van der Waals surface area (Å²) in [5.74, 6) is 0.431. The number of methoxy groups -OCH3 is 1. The van der Waals surface area contributed by atoms with Gasteiger partial charge in [-0.15, -0.1) is 0 Å². The van der Waals surface area contributed by atoms with Crippen LogP contribution < -0.4 is 4.74 Å². The molecule has 0 saturated carbocycles. The number of Topliss-reactive ketones (excluding diaryl/α,β-unsaturated/α-hetero) is 1. The Kier molecular flexibility index (Phi) is 5.52. The predicted molar refractivity (Wildman–Crippen MR) is 87.9 cm³/mol. The third-order valence-electron chi connectivity index (χ3n) is 3.62. The van der Waals surface area contributed by atoms with Crippen molar-refractivity contribution in [3.05, 3.63) is 64.7 Å². The normalized spacial score (nSPS) is 10.2. The molecule has 0 aliphatic carbocycles. The first-order valence-corrected chi connectivity index (χ1v) is 7.49. The third kappa shape index (κ3) is 4.19. The quantitative estimate of drug-likeness (QED) is 0.601. The van der Waals surface area contributed by atoms with Crippen molar-refractivity contribution in [2.75, 3.05) is 7.11 Å². The SMILES string of the molecule is CCc1cc(OCc2ccc(C(=O)OC)cc2)ccc1C(C)=O. The van der Waals surface area contributed by atoms with Crippen LogP contribution in [0.4, 0.5) is 0 Å². The summed E-state index contributed by atoms with van der Waals surface area (Å²) < 4.78 is 10.4. The summed E-state index contributed by atoms with van der Waals surface area (Å²) in [4.78, 5) is 22.9. The Morgan fingerprint density at radius 2 is 1.74 bits per heavy atom. The van der Waals surface area contributed by atoms with Crippen molar-refractivity contribution in [2.24, 2.45) is 0 Å². The van der Waals surface area contributed by atoms with Crippen molar-refractivity contribution in [3.8, 4) is 5.75 Å². The Bertz CT molecular complexity index is 702. The number of rotatable bonds is 6. The van der Waals surface area contributed by atoms with E-state index in [0.29, 0.717) is 12.2 Å². The molecule has 0 spiro atoms. The van der Waals surface area contributed by atoms with E-state index in [1.807, 2.05) is 25.1 Å². The highest BCUT2D eigenvalue weighted by Gasteiger charge is 2.08. The molecule has 0 radical (unpaired) electrons. The van der Waals surface area contributed by atoms with Crippen LogP contribution in [-0.4, -0.2) is 18.9 Å². The maximum atomic E-state index is 11.5. The molecule has 23 heavy (non-hydrogen) atoms. The molecule has 2 rings (SSSR count). The van der Waals surface area contributed by atoms with Gasteiger partial charge in [0.2, 0.25) is 0 Å². The van der Waals surface area contributed by atoms with Crippen LogP contribution in [0.5, 0.6) is 5.75 Å². The highest BCUT2D eigenvalue weighted by Crippen LogP contribution is 2.20. The number of benzene rings is 2. The number of esters is 1. The third-order valence-corrected chi connectivity index (χ3v) is 3.62. The summed E-state index contributed by atoms with van der Waals surface area (Å²) in [5.41, 5.74) is 3.18. The monoisotopic (exact) mass is 312 g/mol. The molecular weight excluding hydrogens is 292 g/mol. The zero-order valence-corrected chi connectivity index (χ0v) is 13.6. The highest BCUT2D eigenvalue weighted by atomic mass is 16.5. The zero-order valence-electron chi connectivity index (χ0n) is 13.6. The van der Waals surface area contributed by atoms with Gasteiger partial charge in [-0.05, 0) is 54.8 Å². The van der Waals surface area contributed by atoms with Crippen molar-refractivity contribution in [2.45, 2.75) is 26.9 Å². The van der Waals surface area contributed by atoms with E-state index >= 15 is 0 Å². The van der Waals surface area contributed by atoms with Crippen LogP contribution >= 0.6 is 0 Å². The summed E-state index contributed by atoms with van der Waals surface area (Å²) in [6.45, 7) is 3.97. The molecule has 4 heteroatoms. The summed E-state index contributed by atoms with van der Waals surface area (Å²) >= 11 is 0. The van der Waals surface area contributed by atoms with Crippen LogP contribution in [0.3, 0.4) is 0 Å². The Morgan fingerprint density at radius 1 is 1.04 bits per heavy atom. The van der Waals surface area contributed by atoms with Gasteiger partial charge in [0.15, 0.2) is 5.78 Å². The van der Waals surface area contributed by atoms with Gasteiger partial charge in [-0.2, -0.15) is 0 Å². The first-order chi connectivity index (χ1) is 11.0. The average Bonchev–Trinajstić information content (AvgIpc) is 2.59. The molecule has 0 aliphatic heterocycles. The number of hydrogen-bond acceptors (Lipinski definition) is 4. The number of ketones is 1. The maximum absolute atomic E-state index is 11.5. The summed E-state index contributed by atoms with van der Waals surface area (Å²) in [6, 6.07) is 12.6. The Balaban J connectivity index is 2.06. The van der Waals surface area contributed by atoms with Crippen LogP contribution in [-0.2, 0) is 17.8 Å². The molecule has 2 aromatic rings. The van der Waals surface area contributed by atoms with Crippen molar-refractivity contribution < 1.29 is 19.1 Å². The lowest BCUT2D eigenvalue weighted by atomic mass is 10.0. The second-order valence-corrected chi connectivity index (χ2v) is 5.21. The van der Waals surface area contributed by atoms with E-state index in [1.165, 1.54) is 7.11 Å². The van der Waals surface area contributed by atoms with E-state index < -0.39 is 0 Å². The highest BCUT2D eigenvalue weighted by molar-refractivity contribution is 5.95. The number of aryl methyl sites for hydroxylation is 1. The summed E-state index contributed by atoms with van der Waals surface area (Å²) in [5, 5.41) is 0. The van der Waals surface area contributed by atoms with Crippen molar-refractivity contribution in [1.29, 1.82) is 0 Å². The van der Waals surface area contributed by atoms with E-state index in [0.717, 1.165) is 28.9 Å². The fourth-order valence-electron chi connectivity index (χ4n) is 2.32. The van der Waals surface area contributed by atoms with Crippen LogP contribution in [0.1, 0.15) is 45.7 Å². The van der Waals surface area contributed by atoms with Crippen molar-refractivity contribution in [1.82, 2.24) is 0 Å². The van der Waals surface area contributed by atoms with Crippen LogP contribution in [0.15, 0.2) is 42.5 Å². The van der Waals surface area contributed by atoms with Crippen LogP contribution in [0, 0.1) is 0 Å². The second-order valence-electron chi connectivity index (χ2n) is 5.21. The Morgan fingerprint density at radius 3 is 2.30 bits per heavy atom. The second kappa shape index (κ2) is 7.58. The molecule has 0 saturated heterocycles. The minimum atomic E-state index is -0.357. The van der Waals surface area contributed by atoms with E-state index in [-0.39, 0.29) is 11.8 Å². The van der Waals surface area contributed by atoms with Crippen LogP contribution in [0.25, 0.3) is 0 Å². The van der Waals surface area contributed by atoms with Gasteiger partial charge in [0.25, 0.3) is 0 Å². The molecule has 0 atom stereocenters. The zero-order chi connectivity index (χ0) is 16.8. The average molecular weight is 312 g/mol. The topological polar surface area (TPSA) is 52.6 Å². The van der Waals surface area contributed by atoms with E-state index in [4.69, 9.17) is 4.74 Å². The van der Waals surface area contributed by atoms with Crippen molar-refractivity contribution in [3.63, 3.8) is 0 Å². The molecule has 0 fully saturated rings. The van der Waals surface area contributed by atoms with Gasteiger partial charge in [-0.3, -0.25) is 4.79 Å². The molecule has 2 aromatic carbocycles. The minimum Gasteiger partial charge on any atom is -0.489 e. The molecule has 120 valence electrons. The molecule has 0 heterocycles. The molecule has 0 amide bonds. The lowest BCUT2D eigenvalue weighted by molar-refractivity contribution is 0.0600. The first kappa shape index (κ1) is 16.7. The van der Waals surface area contributed by atoms with Gasteiger partial charge < -0.3 is 9.47 Å². The van der Waals surface area contributed by atoms with E-state index in [9.17, 15) is 9.59 Å². The van der Waals surface area contributed by atoms with E-state index in [1.54, 1.807) is 31.2 Å². The first-order valence-electron chi connectivity index (χ1n) is 7.49. The lowest BCUT2D eigenvalue weighted by Gasteiger charge is -2.10. The number of ether oxygens (including phenoxy) is 2. The Hall–Kier alpha value is -2.62. The standard InChI is InChI=1S/C19H20O4/c1-4-15-11-17(9-10-18(15)13(2)20)23-12-14-5-7-16(8-6-14)19(21)22-3/h5-11H,4,12H2,1-3H3. The molecule has 0 aliphatic rings. The maximum Gasteiger partial charge on any atom is 0.337 e. The summed E-state index contributed by atoms with van der Waals surface area (Å²) in [7, 11) is 1.36. The predicted octanol–water partition coefficient (Wildman–Crippen LogP) is 3.82. The molecule has 0 bridgehead atoms. The lowest BCUT2D eigenvalue weighted by Crippen LogP contribution is -2.03.